The molecule has 0 fully saturated rings. The van der Waals surface area contributed by atoms with E-state index in [4.69, 9.17) is 10.8 Å². The van der Waals surface area contributed by atoms with Gasteiger partial charge in [0, 0.05) is 13.7 Å². The monoisotopic (exact) mass is 133 g/mol. The van der Waals surface area contributed by atoms with Gasteiger partial charge in [-0.1, -0.05) is 0 Å². The number of ether oxygens (including phenoxy) is 1. The molecule has 0 unspecified atom stereocenters. The average Bonchev–Trinajstić information content (AvgIpc) is 1.86. The number of hydrogen-bond donors (Lipinski definition) is 2. The molecule has 1 atom stereocenters. The Balaban J connectivity index is 4.09. The van der Waals surface area contributed by atoms with Crippen LogP contribution in [0.25, 0.3) is 0 Å². The Labute approximate surface area is 53.6 Å². The highest BCUT2D eigenvalue weighted by Gasteiger charge is 2.30. The Kier molecular flexibility index (Phi) is 2.61. The molecule has 0 aromatic heterocycles. The normalized spacial score (nSPS) is 16.8. The van der Waals surface area contributed by atoms with Gasteiger partial charge in [0.15, 0.2) is 5.60 Å². The second-order valence-electron chi connectivity index (χ2n) is 1.94. The average molecular weight is 133 g/mol. The molecule has 0 aliphatic heterocycles. The molecule has 0 spiro atoms. The molecule has 0 aromatic rings. The molecule has 0 aliphatic rings. The largest absolute Gasteiger partial charge is 0.479 e. The van der Waals surface area contributed by atoms with Crippen molar-refractivity contribution in [2.24, 2.45) is 5.73 Å². The number of aliphatic carboxylic acids is 1. The predicted molar refractivity (Wildman–Crippen MR) is 32.1 cm³/mol. The zero-order chi connectivity index (χ0) is 7.49. The van der Waals surface area contributed by atoms with Gasteiger partial charge in [-0.3, -0.25) is 0 Å². The lowest BCUT2D eigenvalue weighted by Crippen LogP contribution is -2.44. The lowest BCUT2D eigenvalue weighted by molar-refractivity contribution is -0.158. The standard InChI is InChI=1S/C5H11NO3/c1-5(3-6,9-2)4(7)8/h3,6H2,1-2H3,(H,7,8)/t5-/m0/s1. The number of carbonyl (C=O) groups is 1. The molecule has 54 valence electrons. The van der Waals surface area contributed by atoms with E-state index < -0.39 is 11.6 Å². The Morgan fingerprint density at radius 3 is 2.33 bits per heavy atom. The van der Waals surface area contributed by atoms with E-state index in [1.165, 1.54) is 14.0 Å². The second kappa shape index (κ2) is 2.80. The summed E-state index contributed by atoms with van der Waals surface area (Å²) in [6.45, 7) is 1.41. The molecule has 9 heavy (non-hydrogen) atoms. The van der Waals surface area contributed by atoms with E-state index in [2.05, 4.69) is 4.74 Å². The highest BCUT2D eigenvalue weighted by atomic mass is 16.5. The van der Waals surface area contributed by atoms with Gasteiger partial charge in [-0.05, 0) is 6.92 Å². The van der Waals surface area contributed by atoms with Crippen molar-refractivity contribution in [2.45, 2.75) is 12.5 Å². The summed E-state index contributed by atoms with van der Waals surface area (Å²) in [6, 6.07) is 0. The third-order valence-electron chi connectivity index (χ3n) is 1.29. The van der Waals surface area contributed by atoms with Gasteiger partial charge in [0.2, 0.25) is 0 Å². The lowest BCUT2D eigenvalue weighted by atomic mass is 10.1. The predicted octanol–water partition coefficient (Wildman–Crippen LogP) is -0.565. The van der Waals surface area contributed by atoms with Gasteiger partial charge >= 0.3 is 5.97 Å². The first-order valence-corrected chi connectivity index (χ1v) is 2.55. The minimum atomic E-state index is -1.22. The van der Waals surface area contributed by atoms with E-state index in [0.717, 1.165) is 0 Å². The highest BCUT2D eigenvalue weighted by Crippen LogP contribution is 2.05. The second-order valence-corrected chi connectivity index (χ2v) is 1.94. The van der Waals surface area contributed by atoms with Crippen LogP contribution in [-0.4, -0.2) is 30.3 Å². The van der Waals surface area contributed by atoms with Gasteiger partial charge in [-0.25, -0.2) is 4.79 Å². The molecular weight excluding hydrogens is 122 g/mol. The maximum atomic E-state index is 10.3. The van der Waals surface area contributed by atoms with Crippen LogP contribution in [-0.2, 0) is 9.53 Å². The summed E-state index contributed by atoms with van der Waals surface area (Å²) >= 11 is 0. The van der Waals surface area contributed by atoms with Crippen molar-refractivity contribution in [2.75, 3.05) is 13.7 Å². The molecule has 0 radical (unpaired) electrons. The summed E-state index contributed by atoms with van der Waals surface area (Å²) in [6.07, 6.45) is 0. The number of carboxylic acids is 1. The fourth-order valence-electron chi connectivity index (χ4n) is 0.258. The summed E-state index contributed by atoms with van der Waals surface area (Å²) in [4.78, 5) is 10.3. The third kappa shape index (κ3) is 1.65. The number of carboxylic acid groups (broad SMARTS) is 1. The molecule has 0 saturated carbocycles. The van der Waals surface area contributed by atoms with E-state index in [9.17, 15) is 4.79 Å². The van der Waals surface area contributed by atoms with E-state index in [0.29, 0.717) is 0 Å². The van der Waals surface area contributed by atoms with Crippen LogP contribution in [0.4, 0.5) is 0 Å². The molecule has 4 heteroatoms. The maximum Gasteiger partial charge on any atom is 0.336 e. The molecule has 0 saturated heterocycles. The lowest BCUT2D eigenvalue weighted by Gasteiger charge is -2.19. The number of methoxy groups -OCH3 is 1. The molecule has 0 aromatic carbocycles. The quantitative estimate of drug-likeness (QED) is 0.541. The van der Waals surface area contributed by atoms with Gasteiger partial charge in [0.05, 0.1) is 0 Å². The van der Waals surface area contributed by atoms with Gasteiger partial charge in [-0.2, -0.15) is 0 Å². The van der Waals surface area contributed by atoms with Crippen LogP contribution < -0.4 is 5.73 Å². The topological polar surface area (TPSA) is 72.5 Å². The number of nitrogens with two attached hydrogens (primary N) is 1. The molecular formula is C5H11NO3. The third-order valence-corrected chi connectivity index (χ3v) is 1.29. The minimum absolute atomic E-state index is 0.0150. The van der Waals surface area contributed by atoms with Crippen molar-refractivity contribution < 1.29 is 14.6 Å². The Bertz CT molecular complexity index is 109. The van der Waals surface area contributed by atoms with Crippen LogP contribution in [0.3, 0.4) is 0 Å². The Morgan fingerprint density at radius 2 is 2.33 bits per heavy atom. The van der Waals surface area contributed by atoms with Crippen molar-refractivity contribution in [3.05, 3.63) is 0 Å². The fraction of sp³-hybridized carbons (Fsp3) is 0.800. The van der Waals surface area contributed by atoms with E-state index in [-0.39, 0.29) is 6.54 Å². The molecule has 4 nitrogen and oxygen atoms in total. The summed E-state index contributed by atoms with van der Waals surface area (Å²) < 4.78 is 4.62. The van der Waals surface area contributed by atoms with Crippen LogP contribution in [0.5, 0.6) is 0 Å². The fourth-order valence-corrected chi connectivity index (χ4v) is 0.258. The van der Waals surface area contributed by atoms with Crippen molar-refractivity contribution in [1.82, 2.24) is 0 Å². The van der Waals surface area contributed by atoms with Crippen LogP contribution in [0.2, 0.25) is 0 Å². The van der Waals surface area contributed by atoms with Crippen molar-refractivity contribution in [3.63, 3.8) is 0 Å². The summed E-state index contributed by atoms with van der Waals surface area (Å²) in [5.74, 6) is -1.03. The van der Waals surface area contributed by atoms with Crippen LogP contribution in [0.15, 0.2) is 0 Å². The minimum Gasteiger partial charge on any atom is -0.479 e. The number of hydrogen-bond acceptors (Lipinski definition) is 3. The summed E-state index contributed by atoms with van der Waals surface area (Å²) in [7, 11) is 1.32. The zero-order valence-electron chi connectivity index (χ0n) is 5.55. The van der Waals surface area contributed by atoms with Crippen molar-refractivity contribution in [1.29, 1.82) is 0 Å². The van der Waals surface area contributed by atoms with Crippen molar-refractivity contribution >= 4 is 5.97 Å². The van der Waals surface area contributed by atoms with E-state index in [1.807, 2.05) is 0 Å². The van der Waals surface area contributed by atoms with E-state index in [1.54, 1.807) is 0 Å². The molecule has 3 N–H and O–H groups in total. The molecule has 0 rings (SSSR count). The van der Waals surface area contributed by atoms with Crippen LogP contribution in [0, 0.1) is 0 Å². The van der Waals surface area contributed by atoms with Gasteiger partial charge < -0.3 is 15.6 Å². The summed E-state index contributed by atoms with van der Waals surface area (Å²) in [5, 5.41) is 8.43. The zero-order valence-corrected chi connectivity index (χ0v) is 5.55. The SMILES string of the molecule is CO[C@@](C)(CN)C(=O)O. The Morgan fingerprint density at radius 1 is 1.89 bits per heavy atom. The summed E-state index contributed by atoms with van der Waals surface area (Å²) in [5.41, 5.74) is 3.89. The van der Waals surface area contributed by atoms with Crippen LogP contribution in [0.1, 0.15) is 6.92 Å². The smallest absolute Gasteiger partial charge is 0.336 e. The van der Waals surface area contributed by atoms with Crippen LogP contribution >= 0.6 is 0 Å². The Hall–Kier alpha value is -0.610. The first-order valence-electron chi connectivity index (χ1n) is 2.55. The highest BCUT2D eigenvalue weighted by molar-refractivity contribution is 5.77. The van der Waals surface area contributed by atoms with Gasteiger partial charge in [-0.15, -0.1) is 0 Å². The molecule has 0 amide bonds. The molecule has 0 bridgehead atoms. The van der Waals surface area contributed by atoms with E-state index >= 15 is 0 Å². The maximum absolute atomic E-state index is 10.3. The number of rotatable bonds is 3. The van der Waals surface area contributed by atoms with Gasteiger partial charge in [0.1, 0.15) is 0 Å². The first-order chi connectivity index (χ1) is 4.06. The van der Waals surface area contributed by atoms with Gasteiger partial charge in [0.25, 0.3) is 0 Å². The first kappa shape index (κ1) is 8.39. The van der Waals surface area contributed by atoms with Crippen molar-refractivity contribution in [3.8, 4) is 0 Å². The molecule has 0 heterocycles. The molecule has 0 aliphatic carbocycles.